The summed E-state index contributed by atoms with van der Waals surface area (Å²) in [6, 6.07) is 16.1. The van der Waals surface area contributed by atoms with Crippen LogP contribution in [-0.4, -0.2) is 18.2 Å². The highest BCUT2D eigenvalue weighted by molar-refractivity contribution is 9.10. The van der Waals surface area contributed by atoms with Crippen LogP contribution in [0.5, 0.6) is 5.75 Å². The first kappa shape index (κ1) is 16.1. The van der Waals surface area contributed by atoms with Crippen molar-refractivity contribution in [3.05, 3.63) is 64.1 Å². The van der Waals surface area contributed by atoms with E-state index in [2.05, 4.69) is 52.4 Å². The van der Waals surface area contributed by atoms with Gasteiger partial charge in [-0.05, 0) is 67.2 Å². The number of phenols is 1. The molecule has 0 saturated carbocycles. The number of benzene rings is 2. The van der Waals surface area contributed by atoms with E-state index in [1.165, 1.54) is 11.1 Å². The smallest absolute Gasteiger partial charge is 0.115 e. The highest BCUT2D eigenvalue weighted by Gasteiger charge is 2.11. The van der Waals surface area contributed by atoms with Gasteiger partial charge < -0.3 is 10.4 Å². The van der Waals surface area contributed by atoms with Crippen LogP contribution in [0.3, 0.4) is 0 Å². The molecule has 3 heteroatoms. The molecule has 0 radical (unpaired) electrons. The summed E-state index contributed by atoms with van der Waals surface area (Å²) in [5.41, 5.74) is 2.63. The average Bonchev–Trinajstić information content (AvgIpc) is 2.49. The maximum absolute atomic E-state index is 9.38. The lowest BCUT2D eigenvalue weighted by molar-refractivity contribution is 0.470. The van der Waals surface area contributed by atoms with Crippen LogP contribution in [0.4, 0.5) is 0 Å². The molecule has 21 heavy (non-hydrogen) atoms. The van der Waals surface area contributed by atoms with Crippen molar-refractivity contribution < 1.29 is 5.11 Å². The first-order chi connectivity index (χ1) is 10.2. The zero-order valence-electron chi connectivity index (χ0n) is 12.3. The van der Waals surface area contributed by atoms with Crippen molar-refractivity contribution in [3.8, 4) is 5.75 Å². The number of aromatic hydroxyl groups is 1. The summed E-state index contributed by atoms with van der Waals surface area (Å²) in [6.07, 6.45) is 2.07. The van der Waals surface area contributed by atoms with Crippen LogP contribution in [0.1, 0.15) is 18.1 Å². The van der Waals surface area contributed by atoms with Crippen molar-refractivity contribution in [2.75, 3.05) is 13.1 Å². The predicted octanol–water partition coefficient (Wildman–Crippen LogP) is 4.17. The summed E-state index contributed by atoms with van der Waals surface area (Å²) in [6.45, 7) is 4.14. The quantitative estimate of drug-likeness (QED) is 0.787. The summed E-state index contributed by atoms with van der Waals surface area (Å²) < 4.78 is 1.12. The minimum absolute atomic E-state index is 0.329. The van der Waals surface area contributed by atoms with Gasteiger partial charge in [0, 0.05) is 4.47 Å². The molecule has 0 saturated heterocycles. The molecule has 2 aromatic rings. The van der Waals surface area contributed by atoms with Gasteiger partial charge in [-0.2, -0.15) is 0 Å². The molecule has 0 fully saturated rings. The van der Waals surface area contributed by atoms with Crippen molar-refractivity contribution >= 4 is 15.9 Å². The van der Waals surface area contributed by atoms with Crippen LogP contribution in [0.25, 0.3) is 0 Å². The number of halogens is 1. The molecule has 2 nitrogen and oxygen atoms in total. The second-order valence-electron chi connectivity index (χ2n) is 5.37. The lowest BCUT2D eigenvalue weighted by Gasteiger charge is -2.18. The Morgan fingerprint density at radius 3 is 2.00 bits per heavy atom. The molecule has 2 aromatic carbocycles. The van der Waals surface area contributed by atoms with Gasteiger partial charge in [0.15, 0.2) is 0 Å². The Balaban J connectivity index is 2.02. The van der Waals surface area contributed by atoms with Crippen molar-refractivity contribution in [2.45, 2.75) is 19.8 Å². The molecule has 0 aliphatic heterocycles. The Bertz CT molecular complexity index is 489. The van der Waals surface area contributed by atoms with E-state index in [0.717, 1.165) is 30.4 Å². The standard InChI is InChI=1S/C18H22BrNO/c1-2-20-13-16(11-14-3-7-17(19)8-4-14)12-15-5-9-18(21)10-6-15/h3-10,16,20-21H,2,11-13H2,1H3. The lowest BCUT2D eigenvalue weighted by Crippen LogP contribution is -2.25. The first-order valence-corrected chi connectivity index (χ1v) is 8.19. The Morgan fingerprint density at radius 1 is 0.952 bits per heavy atom. The monoisotopic (exact) mass is 347 g/mol. The van der Waals surface area contributed by atoms with Crippen LogP contribution in [0, 0.1) is 5.92 Å². The third kappa shape index (κ3) is 5.52. The fourth-order valence-electron chi connectivity index (χ4n) is 2.48. The summed E-state index contributed by atoms with van der Waals surface area (Å²) in [5.74, 6) is 0.880. The molecule has 112 valence electrons. The summed E-state index contributed by atoms with van der Waals surface area (Å²) in [7, 11) is 0. The number of rotatable bonds is 7. The summed E-state index contributed by atoms with van der Waals surface area (Å²) >= 11 is 3.48. The van der Waals surface area contributed by atoms with Gasteiger partial charge in [-0.1, -0.05) is 47.1 Å². The van der Waals surface area contributed by atoms with E-state index in [1.54, 1.807) is 12.1 Å². The largest absolute Gasteiger partial charge is 0.508 e. The predicted molar refractivity (Wildman–Crippen MR) is 91.7 cm³/mol. The number of hydrogen-bond donors (Lipinski definition) is 2. The van der Waals surface area contributed by atoms with Crippen molar-refractivity contribution in [3.63, 3.8) is 0 Å². The third-order valence-electron chi connectivity index (χ3n) is 3.58. The van der Waals surface area contributed by atoms with E-state index < -0.39 is 0 Å². The Morgan fingerprint density at radius 2 is 1.48 bits per heavy atom. The molecule has 0 amide bonds. The normalized spacial score (nSPS) is 12.3. The van der Waals surface area contributed by atoms with Crippen molar-refractivity contribution in [1.82, 2.24) is 5.32 Å². The second-order valence-corrected chi connectivity index (χ2v) is 6.29. The van der Waals surface area contributed by atoms with Crippen molar-refractivity contribution in [1.29, 1.82) is 0 Å². The number of phenolic OH excluding ortho intramolecular Hbond substituents is 1. The average molecular weight is 348 g/mol. The Kier molecular flexibility index (Phi) is 6.27. The van der Waals surface area contributed by atoms with Gasteiger partial charge in [0.25, 0.3) is 0 Å². The number of hydrogen-bond acceptors (Lipinski definition) is 2. The highest BCUT2D eigenvalue weighted by atomic mass is 79.9. The van der Waals surface area contributed by atoms with Gasteiger partial charge in [0.05, 0.1) is 0 Å². The van der Waals surface area contributed by atoms with Crippen LogP contribution >= 0.6 is 15.9 Å². The van der Waals surface area contributed by atoms with Crippen molar-refractivity contribution in [2.24, 2.45) is 5.92 Å². The molecule has 1 atom stereocenters. The van der Waals surface area contributed by atoms with E-state index in [9.17, 15) is 5.11 Å². The highest BCUT2D eigenvalue weighted by Crippen LogP contribution is 2.18. The minimum atomic E-state index is 0.329. The Labute approximate surface area is 135 Å². The van der Waals surface area contributed by atoms with Gasteiger partial charge in [-0.25, -0.2) is 0 Å². The van der Waals surface area contributed by atoms with Crippen LogP contribution < -0.4 is 5.32 Å². The maximum atomic E-state index is 9.38. The van der Waals surface area contributed by atoms with Gasteiger partial charge >= 0.3 is 0 Å². The van der Waals surface area contributed by atoms with Gasteiger partial charge in [-0.3, -0.25) is 0 Å². The fourth-order valence-corrected chi connectivity index (χ4v) is 2.75. The maximum Gasteiger partial charge on any atom is 0.115 e. The third-order valence-corrected chi connectivity index (χ3v) is 4.11. The molecular weight excluding hydrogens is 326 g/mol. The zero-order chi connectivity index (χ0) is 15.1. The van der Waals surface area contributed by atoms with E-state index in [0.29, 0.717) is 11.7 Å². The van der Waals surface area contributed by atoms with E-state index in [-0.39, 0.29) is 0 Å². The zero-order valence-corrected chi connectivity index (χ0v) is 13.9. The van der Waals surface area contributed by atoms with Gasteiger partial charge in [0.1, 0.15) is 5.75 Å². The van der Waals surface area contributed by atoms with Crippen LogP contribution in [0.15, 0.2) is 53.0 Å². The minimum Gasteiger partial charge on any atom is -0.508 e. The summed E-state index contributed by atoms with van der Waals surface area (Å²) in [5, 5.41) is 12.8. The number of nitrogens with one attached hydrogen (secondary N) is 1. The Hall–Kier alpha value is -1.32. The molecular formula is C18H22BrNO. The van der Waals surface area contributed by atoms with Crippen LogP contribution in [0.2, 0.25) is 0 Å². The molecule has 2 N–H and O–H groups in total. The van der Waals surface area contributed by atoms with Gasteiger partial charge in [-0.15, -0.1) is 0 Å². The molecule has 0 aliphatic carbocycles. The van der Waals surface area contributed by atoms with E-state index in [4.69, 9.17) is 0 Å². The first-order valence-electron chi connectivity index (χ1n) is 7.40. The molecule has 0 aromatic heterocycles. The summed E-state index contributed by atoms with van der Waals surface area (Å²) in [4.78, 5) is 0. The van der Waals surface area contributed by atoms with E-state index >= 15 is 0 Å². The fraction of sp³-hybridized carbons (Fsp3) is 0.333. The van der Waals surface area contributed by atoms with E-state index in [1.807, 2.05) is 12.1 Å². The molecule has 0 spiro atoms. The molecule has 0 heterocycles. The molecule has 2 rings (SSSR count). The van der Waals surface area contributed by atoms with Crippen LogP contribution in [-0.2, 0) is 12.8 Å². The molecule has 0 aliphatic rings. The molecule has 1 unspecified atom stereocenters. The lowest BCUT2D eigenvalue weighted by atomic mass is 9.92. The second kappa shape index (κ2) is 8.20. The molecule has 0 bridgehead atoms. The van der Waals surface area contributed by atoms with Gasteiger partial charge in [0.2, 0.25) is 0 Å². The SMILES string of the molecule is CCNCC(Cc1ccc(O)cc1)Cc1ccc(Br)cc1. The topological polar surface area (TPSA) is 32.3 Å².